The summed E-state index contributed by atoms with van der Waals surface area (Å²) in [5, 5.41) is 9.08. The van der Waals surface area contributed by atoms with E-state index >= 15 is 0 Å². The molecule has 0 aromatic carbocycles. The van der Waals surface area contributed by atoms with Crippen LogP contribution in [0.1, 0.15) is 52.4 Å². The molecule has 1 aliphatic carbocycles. The van der Waals surface area contributed by atoms with E-state index in [2.05, 4.69) is 19.1 Å². The van der Waals surface area contributed by atoms with Crippen molar-refractivity contribution < 1.29 is 43.7 Å². The Morgan fingerprint density at radius 2 is 2.00 bits per heavy atom. The zero-order chi connectivity index (χ0) is 10.6. The average molecular weight is 322 g/mol. The minimum absolute atomic E-state index is 0. The van der Waals surface area contributed by atoms with E-state index in [1.54, 1.807) is 0 Å². The third kappa shape index (κ3) is 17.0. The maximum Gasteiger partial charge on any atom is 2.00 e. The zero-order valence-electron chi connectivity index (χ0n) is 10.4. The van der Waals surface area contributed by atoms with Crippen LogP contribution in [0.15, 0.2) is 18.2 Å². The standard InChI is InChI=1S/C8H18O.C5H5.ClH.Zr/c1-3-5-6-7-8(9)4-2;1-2-4-5-3-1;;/h8-9H,3-7H2,1-2H3;1-3H,4H2;1H;/q;-1;;+2/p-1. The second-order valence-corrected chi connectivity index (χ2v) is 3.56. The van der Waals surface area contributed by atoms with E-state index < -0.39 is 0 Å². The van der Waals surface area contributed by atoms with Gasteiger partial charge in [-0.3, -0.25) is 6.08 Å². The fourth-order valence-corrected chi connectivity index (χ4v) is 1.17. The monoisotopic (exact) mass is 320 g/mol. The quantitative estimate of drug-likeness (QED) is 0.582. The number of halogens is 1. The number of unbranched alkanes of at least 4 members (excludes halogenated alkanes) is 2. The Morgan fingerprint density at radius 3 is 2.31 bits per heavy atom. The number of hydrogen-bond acceptors (Lipinski definition) is 1. The zero-order valence-corrected chi connectivity index (χ0v) is 13.6. The van der Waals surface area contributed by atoms with Crippen molar-refractivity contribution in [1.29, 1.82) is 0 Å². The molecule has 0 saturated heterocycles. The molecule has 0 fully saturated rings. The smallest absolute Gasteiger partial charge is 1.00 e. The third-order valence-electron chi connectivity index (χ3n) is 2.20. The van der Waals surface area contributed by atoms with E-state index in [9.17, 15) is 0 Å². The van der Waals surface area contributed by atoms with Crippen LogP contribution in [-0.2, 0) is 26.2 Å². The summed E-state index contributed by atoms with van der Waals surface area (Å²) in [5.41, 5.74) is 0. The summed E-state index contributed by atoms with van der Waals surface area (Å²) in [7, 11) is 0. The Morgan fingerprint density at radius 1 is 1.31 bits per heavy atom. The fraction of sp³-hybridized carbons (Fsp3) is 0.692. The van der Waals surface area contributed by atoms with E-state index in [4.69, 9.17) is 5.11 Å². The van der Waals surface area contributed by atoms with Crippen LogP contribution >= 0.6 is 0 Å². The maximum atomic E-state index is 9.08. The van der Waals surface area contributed by atoms with Gasteiger partial charge in [0, 0.05) is 0 Å². The van der Waals surface area contributed by atoms with Gasteiger partial charge in [-0.2, -0.15) is 6.08 Å². The molecule has 92 valence electrons. The average Bonchev–Trinajstić information content (AvgIpc) is 2.76. The van der Waals surface area contributed by atoms with Gasteiger partial charge in [-0.15, -0.1) is 6.42 Å². The molecule has 0 spiro atoms. The molecule has 1 N–H and O–H groups in total. The Balaban J connectivity index is -0.000000208. The molecule has 0 heterocycles. The van der Waals surface area contributed by atoms with Gasteiger partial charge in [0.1, 0.15) is 0 Å². The number of aliphatic hydroxyl groups is 1. The Kier molecular flexibility index (Phi) is 24.6. The molecule has 1 aliphatic rings. The van der Waals surface area contributed by atoms with Crippen molar-refractivity contribution in [3.8, 4) is 0 Å². The van der Waals surface area contributed by atoms with E-state index in [0.29, 0.717) is 0 Å². The molecule has 16 heavy (non-hydrogen) atoms. The molecular weight excluding hydrogens is 299 g/mol. The molecule has 0 aromatic heterocycles. The molecular formula is C13H23ClOZr. The van der Waals surface area contributed by atoms with Crippen LogP contribution in [-0.4, -0.2) is 11.2 Å². The molecule has 0 saturated carbocycles. The number of allylic oxidation sites excluding steroid dienone is 4. The maximum absolute atomic E-state index is 9.08. The summed E-state index contributed by atoms with van der Waals surface area (Å²) < 4.78 is 0. The molecule has 0 aromatic rings. The van der Waals surface area contributed by atoms with Crippen LogP contribution in [0.25, 0.3) is 0 Å². The normalized spacial score (nSPS) is 13.2. The molecule has 0 amide bonds. The van der Waals surface area contributed by atoms with Crippen molar-refractivity contribution in [2.45, 2.75) is 58.5 Å². The van der Waals surface area contributed by atoms with Crippen molar-refractivity contribution in [2.75, 3.05) is 0 Å². The SMILES string of the molecule is CCCCCC(O)CC.[C-]1=CC=CC1.[Cl-].[Zr+2]. The molecule has 0 bridgehead atoms. The molecule has 1 atom stereocenters. The number of hydrogen-bond donors (Lipinski definition) is 1. The summed E-state index contributed by atoms with van der Waals surface area (Å²) >= 11 is 0. The number of aliphatic hydroxyl groups excluding tert-OH is 1. The van der Waals surface area contributed by atoms with Gasteiger partial charge in [-0.1, -0.05) is 33.1 Å². The van der Waals surface area contributed by atoms with Crippen molar-refractivity contribution in [2.24, 2.45) is 0 Å². The first-order valence-electron chi connectivity index (χ1n) is 5.71. The van der Waals surface area contributed by atoms with Crippen molar-refractivity contribution >= 4 is 0 Å². The van der Waals surface area contributed by atoms with Gasteiger partial charge in [0.2, 0.25) is 0 Å². The minimum Gasteiger partial charge on any atom is -1.00 e. The van der Waals surface area contributed by atoms with Crippen LogP contribution in [0, 0.1) is 6.08 Å². The van der Waals surface area contributed by atoms with Gasteiger partial charge in [0.25, 0.3) is 0 Å². The summed E-state index contributed by atoms with van der Waals surface area (Å²) in [5.74, 6) is 0. The molecule has 1 nitrogen and oxygen atoms in total. The van der Waals surface area contributed by atoms with Crippen LogP contribution in [0.3, 0.4) is 0 Å². The first kappa shape index (κ1) is 21.9. The second kappa shape index (κ2) is 18.0. The fourth-order valence-electron chi connectivity index (χ4n) is 1.17. The van der Waals surface area contributed by atoms with Crippen LogP contribution in [0.2, 0.25) is 0 Å². The van der Waals surface area contributed by atoms with Crippen molar-refractivity contribution in [3.63, 3.8) is 0 Å². The van der Waals surface area contributed by atoms with E-state index in [0.717, 1.165) is 19.3 Å². The van der Waals surface area contributed by atoms with Gasteiger partial charge in [0.05, 0.1) is 6.10 Å². The minimum atomic E-state index is -0.0449. The molecule has 1 rings (SSSR count). The second-order valence-electron chi connectivity index (χ2n) is 3.56. The first-order valence-corrected chi connectivity index (χ1v) is 5.71. The molecule has 1 unspecified atom stereocenters. The van der Waals surface area contributed by atoms with E-state index in [1.165, 1.54) is 19.3 Å². The third-order valence-corrected chi connectivity index (χ3v) is 2.20. The molecule has 0 aliphatic heterocycles. The van der Waals surface area contributed by atoms with Crippen LogP contribution < -0.4 is 12.4 Å². The molecule has 3 heteroatoms. The van der Waals surface area contributed by atoms with Gasteiger partial charge in [-0.05, 0) is 12.8 Å². The van der Waals surface area contributed by atoms with Crippen molar-refractivity contribution in [3.05, 3.63) is 24.3 Å². The summed E-state index contributed by atoms with van der Waals surface area (Å²) in [6.45, 7) is 4.20. The Hall–Kier alpha value is 0.613. The summed E-state index contributed by atoms with van der Waals surface area (Å²) in [6.07, 6.45) is 15.5. The van der Waals surface area contributed by atoms with Gasteiger partial charge in [0.15, 0.2) is 0 Å². The van der Waals surface area contributed by atoms with E-state index in [1.807, 2.05) is 19.1 Å². The number of rotatable bonds is 5. The Labute approximate surface area is 126 Å². The van der Waals surface area contributed by atoms with Gasteiger partial charge < -0.3 is 17.5 Å². The topological polar surface area (TPSA) is 20.2 Å². The molecule has 0 radical (unpaired) electrons. The van der Waals surface area contributed by atoms with E-state index in [-0.39, 0.29) is 44.7 Å². The summed E-state index contributed by atoms with van der Waals surface area (Å²) in [4.78, 5) is 0. The first-order chi connectivity index (χ1) is 6.81. The van der Waals surface area contributed by atoms with Crippen molar-refractivity contribution in [1.82, 2.24) is 0 Å². The van der Waals surface area contributed by atoms with Crippen LogP contribution in [0.5, 0.6) is 0 Å². The largest absolute Gasteiger partial charge is 2.00 e. The van der Waals surface area contributed by atoms with Crippen LogP contribution in [0.4, 0.5) is 0 Å². The predicted octanol–water partition coefficient (Wildman–Crippen LogP) is 0.645. The summed E-state index contributed by atoms with van der Waals surface area (Å²) in [6, 6.07) is 0. The van der Waals surface area contributed by atoms with Gasteiger partial charge in [-0.25, -0.2) is 12.2 Å². The Bertz CT molecular complexity index is 159. The predicted molar refractivity (Wildman–Crippen MR) is 62.0 cm³/mol. The van der Waals surface area contributed by atoms with Gasteiger partial charge >= 0.3 is 26.2 Å².